The van der Waals surface area contributed by atoms with Crippen LogP contribution < -0.4 is 5.56 Å². The minimum atomic E-state index is -0.332. The van der Waals surface area contributed by atoms with Gasteiger partial charge >= 0.3 is 0 Å². The molecule has 0 aliphatic rings. The van der Waals surface area contributed by atoms with Crippen molar-refractivity contribution in [1.82, 2.24) is 4.98 Å². The van der Waals surface area contributed by atoms with Crippen molar-refractivity contribution in [2.24, 2.45) is 0 Å². The minimum absolute atomic E-state index is 0.0211. The van der Waals surface area contributed by atoms with Crippen molar-refractivity contribution in [2.45, 2.75) is 6.92 Å². The number of aromatic nitrogens is 1. The van der Waals surface area contributed by atoms with Gasteiger partial charge < -0.3 is 10.1 Å². The summed E-state index contributed by atoms with van der Waals surface area (Å²) in [5.41, 5.74) is 2.25. The molecule has 3 nitrogen and oxygen atoms in total. The maximum atomic E-state index is 12.3. The third-order valence-corrected chi connectivity index (χ3v) is 4.89. The molecule has 0 spiro atoms. The van der Waals surface area contributed by atoms with Crippen LogP contribution in [0, 0.1) is 10.5 Å². The van der Waals surface area contributed by atoms with Crippen LogP contribution in [-0.4, -0.2) is 10.1 Å². The van der Waals surface area contributed by atoms with E-state index in [0.717, 1.165) is 9.13 Å². The summed E-state index contributed by atoms with van der Waals surface area (Å²) < 4.78 is 0.818. The Morgan fingerprint density at radius 2 is 1.86 bits per heavy atom. The monoisotopic (exact) mass is 411 g/mol. The molecule has 0 fully saturated rings. The summed E-state index contributed by atoms with van der Waals surface area (Å²) in [7, 11) is 0. The average molecular weight is 412 g/mol. The van der Waals surface area contributed by atoms with Crippen LogP contribution in [0.5, 0.6) is 5.75 Å². The molecular weight excluding hydrogens is 401 g/mol. The Hall–Kier alpha value is -1.53. The van der Waals surface area contributed by atoms with Crippen molar-refractivity contribution in [2.75, 3.05) is 0 Å². The number of pyridine rings is 1. The number of nitrogens with one attached hydrogen (secondary N) is 1. The lowest BCUT2D eigenvalue weighted by Gasteiger charge is -2.09. The number of rotatable bonds is 1. The molecule has 0 aliphatic heterocycles. The molecule has 106 valence electrons. The number of halogens is 2. The predicted octanol–water partition coefficient (Wildman–Crippen LogP) is 4.47. The zero-order valence-corrected chi connectivity index (χ0v) is 14.0. The molecule has 2 aromatic carbocycles. The summed E-state index contributed by atoms with van der Waals surface area (Å²) in [6.45, 7) is 1.97. The molecular formula is C16H11ClINO2. The largest absolute Gasteiger partial charge is 0.506 e. The number of hydrogen-bond acceptors (Lipinski definition) is 2. The molecule has 0 radical (unpaired) electrons. The van der Waals surface area contributed by atoms with Gasteiger partial charge in [-0.05, 0) is 47.2 Å². The molecule has 1 heterocycles. The number of aromatic hydroxyl groups is 1. The number of aryl methyl sites for hydroxylation is 1. The topological polar surface area (TPSA) is 53.1 Å². The van der Waals surface area contributed by atoms with E-state index in [4.69, 9.17) is 11.6 Å². The number of fused-ring (bicyclic) bond motifs is 1. The summed E-state index contributed by atoms with van der Waals surface area (Å²) in [6, 6.07) is 10.9. The molecule has 0 unspecified atom stereocenters. The van der Waals surface area contributed by atoms with Crippen molar-refractivity contribution in [3.05, 3.63) is 60.9 Å². The summed E-state index contributed by atoms with van der Waals surface area (Å²) in [6.07, 6.45) is 0. The summed E-state index contributed by atoms with van der Waals surface area (Å²) >= 11 is 8.15. The quantitative estimate of drug-likeness (QED) is 0.581. The molecule has 21 heavy (non-hydrogen) atoms. The van der Waals surface area contributed by atoms with E-state index in [0.29, 0.717) is 21.5 Å². The van der Waals surface area contributed by atoms with Gasteiger partial charge in [-0.15, -0.1) is 0 Å². The zero-order valence-electron chi connectivity index (χ0n) is 11.1. The van der Waals surface area contributed by atoms with Gasteiger partial charge in [0, 0.05) is 8.96 Å². The summed E-state index contributed by atoms with van der Waals surface area (Å²) in [5, 5.41) is 11.6. The molecule has 0 amide bonds. The van der Waals surface area contributed by atoms with Crippen LogP contribution in [0.2, 0.25) is 5.02 Å². The molecule has 0 atom stereocenters. The summed E-state index contributed by atoms with van der Waals surface area (Å²) in [5.74, 6) is -0.0211. The number of aromatic amines is 1. The van der Waals surface area contributed by atoms with Crippen LogP contribution in [0.15, 0.2) is 41.2 Å². The third kappa shape index (κ3) is 2.53. The second-order valence-electron chi connectivity index (χ2n) is 4.86. The van der Waals surface area contributed by atoms with E-state index in [-0.39, 0.29) is 16.9 Å². The van der Waals surface area contributed by atoms with E-state index in [1.807, 2.05) is 31.2 Å². The first kappa shape index (κ1) is 14.4. The van der Waals surface area contributed by atoms with E-state index in [1.165, 1.54) is 0 Å². The summed E-state index contributed by atoms with van der Waals surface area (Å²) in [4.78, 5) is 15.1. The van der Waals surface area contributed by atoms with Gasteiger partial charge in [0.2, 0.25) is 0 Å². The van der Waals surface area contributed by atoms with Crippen molar-refractivity contribution in [3.8, 4) is 16.9 Å². The lowest BCUT2D eigenvalue weighted by Crippen LogP contribution is -2.09. The van der Waals surface area contributed by atoms with Crippen LogP contribution >= 0.6 is 34.2 Å². The Bertz CT molecular complexity index is 901. The Balaban J connectivity index is 2.36. The molecule has 0 saturated carbocycles. The number of benzene rings is 2. The van der Waals surface area contributed by atoms with Crippen LogP contribution in [0.1, 0.15) is 5.56 Å². The van der Waals surface area contributed by atoms with Crippen LogP contribution in [0.3, 0.4) is 0 Å². The van der Waals surface area contributed by atoms with Crippen LogP contribution in [-0.2, 0) is 0 Å². The average Bonchev–Trinajstić information content (AvgIpc) is 2.43. The Labute approximate surface area is 139 Å². The standard InChI is InChI=1S/C16H11ClINO2/c1-8-2-4-9(5-3-8)14-15(20)10-6-12(18)11(17)7-13(10)19-16(14)21/h2-7H,1H3,(H2,19,20,21). The molecule has 5 heteroatoms. The van der Waals surface area contributed by atoms with Gasteiger partial charge in [0.15, 0.2) is 0 Å². The second kappa shape index (κ2) is 5.35. The van der Waals surface area contributed by atoms with Gasteiger partial charge in [-0.25, -0.2) is 0 Å². The fraction of sp³-hybridized carbons (Fsp3) is 0.0625. The highest BCUT2D eigenvalue weighted by Crippen LogP contribution is 2.34. The van der Waals surface area contributed by atoms with E-state index in [9.17, 15) is 9.90 Å². The van der Waals surface area contributed by atoms with Crippen molar-refractivity contribution >= 4 is 45.1 Å². The van der Waals surface area contributed by atoms with Gasteiger partial charge in [-0.2, -0.15) is 0 Å². The normalized spacial score (nSPS) is 11.0. The lowest BCUT2D eigenvalue weighted by molar-refractivity contribution is 0.482. The maximum absolute atomic E-state index is 12.3. The third-order valence-electron chi connectivity index (χ3n) is 3.37. The maximum Gasteiger partial charge on any atom is 0.260 e. The van der Waals surface area contributed by atoms with Gasteiger partial charge in [0.25, 0.3) is 5.56 Å². The first-order valence-corrected chi connectivity index (χ1v) is 7.74. The molecule has 0 bridgehead atoms. The highest BCUT2D eigenvalue weighted by atomic mass is 127. The van der Waals surface area contributed by atoms with Gasteiger partial charge in [-0.1, -0.05) is 41.4 Å². The predicted molar refractivity (Wildman–Crippen MR) is 94.1 cm³/mol. The van der Waals surface area contributed by atoms with Crippen LogP contribution in [0.4, 0.5) is 0 Å². The van der Waals surface area contributed by atoms with E-state index in [2.05, 4.69) is 27.6 Å². The van der Waals surface area contributed by atoms with Gasteiger partial charge in [0.1, 0.15) is 5.75 Å². The Morgan fingerprint density at radius 3 is 2.52 bits per heavy atom. The van der Waals surface area contributed by atoms with E-state index in [1.54, 1.807) is 12.1 Å². The number of H-pyrrole nitrogens is 1. The molecule has 1 aromatic heterocycles. The molecule has 0 aliphatic carbocycles. The van der Waals surface area contributed by atoms with E-state index >= 15 is 0 Å². The van der Waals surface area contributed by atoms with Crippen molar-refractivity contribution in [1.29, 1.82) is 0 Å². The SMILES string of the molecule is Cc1ccc(-c2c(O)c3cc(I)c(Cl)cc3[nH]c2=O)cc1. The molecule has 3 aromatic rings. The molecule has 0 saturated heterocycles. The van der Waals surface area contributed by atoms with Crippen molar-refractivity contribution < 1.29 is 5.11 Å². The smallest absolute Gasteiger partial charge is 0.260 e. The molecule has 3 rings (SSSR count). The van der Waals surface area contributed by atoms with Gasteiger partial charge in [0.05, 0.1) is 16.1 Å². The van der Waals surface area contributed by atoms with Gasteiger partial charge in [-0.3, -0.25) is 4.79 Å². The first-order chi connectivity index (χ1) is 9.97. The highest BCUT2D eigenvalue weighted by molar-refractivity contribution is 14.1. The lowest BCUT2D eigenvalue weighted by atomic mass is 10.0. The Morgan fingerprint density at radius 1 is 1.19 bits per heavy atom. The zero-order chi connectivity index (χ0) is 15.1. The minimum Gasteiger partial charge on any atom is -0.506 e. The second-order valence-corrected chi connectivity index (χ2v) is 6.43. The molecule has 2 N–H and O–H groups in total. The number of hydrogen-bond donors (Lipinski definition) is 2. The first-order valence-electron chi connectivity index (χ1n) is 6.28. The fourth-order valence-electron chi connectivity index (χ4n) is 2.26. The fourth-order valence-corrected chi connectivity index (χ4v) is 2.89. The van der Waals surface area contributed by atoms with E-state index < -0.39 is 0 Å². The Kier molecular flexibility index (Phi) is 3.67. The highest BCUT2D eigenvalue weighted by Gasteiger charge is 2.15. The van der Waals surface area contributed by atoms with Crippen LogP contribution in [0.25, 0.3) is 22.0 Å². The van der Waals surface area contributed by atoms with Crippen molar-refractivity contribution in [3.63, 3.8) is 0 Å².